The van der Waals surface area contributed by atoms with Gasteiger partial charge in [-0.15, -0.1) is 0 Å². The third kappa shape index (κ3) is 12.1. The van der Waals surface area contributed by atoms with Crippen LogP contribution >= 0.6 is 0 Å². The maximum Gasteiger partial charge on any atom is 0.411 e. The number of benzene rings is 2. The third-order valence-corrected chi connectivity index (χ3v) is 16.1. The highest BCUT2D eigenvalue weighted by atomic mass is 16.6. The highest BCUT2D eigenvalue weighted by Gasteiger charge is 2.74. The number of ether oxygens (including phenoxy) is 6. The molecule has 2 aromatic carbocycles. The summed E-state index contributed by atoms with van der Waals surface area (Å²) in [5.74, 6) is -6.02. The number of amides is 3. The molecular weight excluding hydrogens is 969 g/mol. The number of rotatable bonds is 19. The van der Waals surface area contributed by atoms with E-state index in [-0.39, 0.29) is 50.3 Å². The molecule has 3 aliphatic carbocycles. The van der Waals surface area contributed by atoms with Crippen LogP contribution in [-0.4, -0.2) is 125 Å². The Hall–Kier alpha value is -6.12. The fourth-order valence-corrected chi connectivity index (χ4v) is 11.2. The molecule has 75 heavy (non-hydrogen) atoms. The Morgan fingerprint density at radius 1 is 0.960 bits per heavy atom. The SMILES string of the molecule is C/C=C(\C)C(=O)N[C@@H](c1ccccc1)[C@@H](O)C(=O)O[C@H]1C[C@@]2(O)C[C@@H]3[C@]4(OC(C)=O)CO[C@@H]4C[C@H](OC(=O)Nc4ccc(/C(C)=N\NC(=O)COCCC(C)(C)OC)cc4)[C@@]3(C)C(=O)[C@H](CC(C)=O)C(=C1C)C2(C)C. The van der Waals surface area contributed by atoms with Crippen LogP contribution in [-0.2, 0) is 57.2 Å². The first-order chi connectivity index (χ1) is 35.1. The van der Waals surface area contributed by atoms with Gasteiger partial charge in [0.1, 0.15) is 36.5 Å². The van der Waals surface area contributed by atoms with Crippen LogP contribution in [0.3, 0.4) is 0 Å². The number of nitrogens with one attached hydrogen (secondary N) is 3. The molecular formula is C56H74N4O15. The first-order valence-electron chi connectivity index (χ1n) is 25.3. The predicted octanol–water partition coefficient (Wildman–Crippen LogP) is 6.14. The summed E-state index contributed by atoms with van der Waals surface area (Å²) in [4.78, 5) is 96.2. The number of hydrogen-bond donors (Lipinski definition) is 5. The molecule has 0 unspecified atom stereocenters. The lowest BCUT2D eigenvalue weighted by atomic mass is 9.44. The predicted molar refractivity (Wildman–Crippen MR) is 275 cm³/mol. The van der Waals surface area contributed by atoms with Gasteiger partial charge in [0.2, 0.25) is 5.91 Å². The fraction of sp³-hybridized carbons (Fsp3) is 0.571. The van der Waals surface area contributed by atoms with E-state index in [2.05, 4.69) is 21.2 Å². The third-order valence-electron chi connectivity index (χ3n) is 16.1. The molecule has 2 aromatic rings. The molecule has 5 N–H and O–H groups in total. The summed E-state index contributed by atoms with van der Waals surface area (Å²) in [6, 6.07) is 13.7. The highest BCUT2D eigenvalue weighted by Crippen LogP contribution is 2.65. The van der Waals surface area contributed by atoms with E-state index in [4.69, 9.17) is 28.4 Å². The van der Waals surface area contributed by atoms with Crippen molar-refractivity contribution in [2.75, 3.05) is 32.2 Å². The van der Waals surface area contributed by atoms with Gasteiger partial charge in [0.25, 0.3) is 5.91 Å². The average Bonchev–Trinajstić information content (AvgIpc) is 3.35. The largest absolute Gasteiger partial charge is 0.456 e. The van der Waals surface area contributed by atoms with E-state index in [0.717, 1.165) is 0 Å². The van der Waals surface area contributed by atoms with Gasteiger partial charge in [-0.05, 0) is 103 Å². The van der Waals surface area contributed by atoms with E-state index < -0.39 is 100.0 Å². The van der Waals surface area contributed by atoms with Crippen LogP contribution in [0.5, 0.6) is 0 Å². The number of hydrazone groups is 1. The van der Waals surface area contributed by atoms with Crippen molar-refractivity contribution in [2.24, 2.45) is 27.8 Å². The lowest BCUT2D eigenvalue weighted by molar-refractivity contribution is -0.326. The first kappa shape index (κ1) is 58.1. The second-order valence-electron chi connectivity index (χ2n) is 21.7. The zero-order chi connectivity index (χ0) is 55.4. The van der Waals surface area contributed by atoms with Crippen LogP contribution in [0.15, 0.2) is 82.5 Å². The number of carbonyl (C=O) groups excluding carboxylic acids is 7. The Morgan fingerprint density at radius 3 is 2.21 bits per heavy atom. The number of fused-ring (bicyclic) bond motifs is 5. The number of ketones is 2. The molecule has 19 nitrogen and oxygen atoms in total. The van der Waals surface area contributed by atoms with E-state index in [1.165, 1.54) is 13.8 Å². The lowest BCUT2D eigenvalue weighted by Gasteiger charge is -2.66. The number of carbonyl (C=O) groups is 7. The first-order valence-corrected chi connectivity index (χ1v) is 25.3. The smallest absolute Gasteiger partial charge is 0.411 e. The van der Waals surface area contributed by atoms with E-state index in [1.54, 1.807) is 116 Å². The quantitative estimate of drug-likeness (QED) is 0.0201. The molecule has 1 heterocycles. The Bertz CT molecular complexity index is 2610. The number of Topliss-reactive ketones (excluding diaryl/α,β-unsaturated/α-hetero) is 2. The van der Waals surface area contributed by atoms with Crippen molar-refractivity contribution in [3.63, 3.8) is 0 Å². The number of aliphatic hydroxyl groups excluding tert-OH is 1. The van der Waals surface area contributed by atoms with Gasteiger partial charge in [0.05, 0.1) is 35.0 Å². The van der Waals surface area contributed by atoms with Crippen molar-refractivity contribution in [1.82, 2.24) is 10.7 Å². The van der Waals surface area contributed by atoms with E-state index in [9.17, 15) is 39.0 Å². The summed E-state index contributed by atoms with van der Waals surface area (Å²) in [7, 11) is 1.61. The normalized spacial score (nSPS) is 28.1. The van der Waals surface area contributed by atoms with Gasteiger partial charge < -0.3 is 44.0 Å². The van der Waals surface area contributed by atoms with Crippen LogP contribution in [0, 0.1) is 22.7 Å². The summed E-state index contributed by atoms with van der Waals surface area (Å²) in [5, 5.41) is 34.8. The number of nitrogens with zero attached hydrogens (tertiary/aromatic N) is 1. The molecule has 0 radical (unpaired) electrons. The number of aliphatic hydroxyl groups is 2. The fourth-order valence-electron chi connectivity index (χ4n) is 11.2. The summed E-state index contributed by atoms with van der Waals surface area (Å²) >= 11 is 0. The van der Waals surface area contributed by atoms with Crippen LogP contribution < -0.4 is 16.1 Å². The average molecular weight is 1040 g/mol. The monoisotopic (exact) mass is 1040 g/mol. The molecule has 3 fully saturated rings. The Balaban J connectivity index is 1.30. The van der Waals surface area contributed by atoms with Crippen molar-refractivity contribution >= 4 is 52.8 Å². The minimum atomic E-state index is -1.93. The molecule has 408 valence electrons. The number of allylic oxidation sites excluding steroid dienone is 1. The number of esters is 2. The molecule has 2 saturated carbocycles. The van der Waals surface area contributed by atoms with Crippen molar-refractivity contribution in [3.05, 3.63) is 88.5 Å². The minimum Gasteiger partial charge on any atom is -0.456 e. The van der Waals surface area contributed by atoms with Gasteiger partial charge in [-0.25, -0.2) is 15.0 Å². The van der Waals surface area contributed by atoms with Gasteiger partial charge in [-0.2, -0.15) is 5.10 Å². The minimum absolute atomic E-state index is 0.0899. The summed E-state index contributed by atoms with van der Waals surface area (Å²) < 4.78 is 35.5. The van der Waals surface area contributed by atoms with Crippen LogP contribution in [0.25, 0.3) is 0 Å². The van der Waals surface area contributed by atoms with Gasteiger partial charge in [0.15, 0.2) is 11.7 Å². The van der Waals surface area contributed by atoms with Crippen molar-refractivity contribution in [3.8, 4) is 0 Å². The lowest BCUT2D eigenvalue weighted by Crippen LogP contribution is -2.77. The van der Waals surface area contributed by atoms with Gasteiger partial charge in [0, 0.05) is 68.4 Å². The topological polar surface area (TPSA) is 264 Å². The van der Waals surface area contributed by atoms with Crippen LogP contribution in [0.2, 0.25) is 0 Å². The van der Waals surface area contributed by atoms with Gasteiger partial charge >= 0.3 is 18.0 Å². The molecule has 1 saturated heterocycles. The Labute approximate surface area is 438 Å². The zero-order valence-electron chi connectivity index (χ0n) is 45.1. The van der Waals surface area contributed by atoms with Crippen LogP contribution in [0.1, 0.15) is 125 Å². The van der Waals surface area contributed by atoms with E-state index >= 15 is 4.79 Å². The second kappa shape index (κ2) is 23.0. The maximum atomic E-state index is 16.0. The van der Waals surface area contributed by atoms with Crippen molar-refractivity contribution in [1.29, 1.82) is 0 Å². The molecule has 19 heteroatoms. The zero-order valence-corrected chi connectivity index (χ0v) is 45.1. The molecule has 0 aromatic heterocycles. The molecule has 1 aliphatic heterocycles. The Kier molecular flexibility index (Phi) is 17.8. The molecule has 0 spiro atoms. The summed E-state index contributed by atoms with van der Waals surface area (Å²) in [5.41, 5.74) is -1.42. The second-order valence-corrected chi connectivity index (χ2v) is 21.7. The Morgan fingerprint density at radius 2 is 1.63 bits per heavy atom. The maximum absolute atomic E-state index is 16.0. The van der Waals surface area contributed by atoms with E-state index in [1.807, 2.05) is 13.8 Å². The van der Waals surface area contributed by atoms with Crippen molar-refractivity contribution < 1.29 is 72.2 Å². The highest BCUT2D eigenvalue weighted by molar-refractivity contribution is 6.00. The molecule has 10 atom stereocenters. The number of hydrogen-bond acceptors (Lipinski definition) is 16. The molecule has 3 amide bonds. The number of methoxy groups -OCH3 is 1. The van der Waals surface area contributed by atoms with E-state index in [0.29, 0.717) is 52.3 Å². The van der Waals surface area contributed by atoms with Gasteiger partial charge in [-0.3, -0.25) is 29.3 Å². The van der Waals surface area contributed by atoms with Crippen LogP contribution in [0.4, 0.5) is 10.5 Å². The summed E-state index contributed by atoms with van der Waals surface area (Å²) in [6.07, 6.45) is -5.02. The molecule has 4 aliphatic rings. The number of anilines is 1. The standard InChI is InChI=1S/C56H74N4O15/c1-13-31(2)49(66)58-46(37-17-15-14-16-18-37)47(64)50(67)73-40-27-55(69)28-41-54(11,48(65)39(25-32(3)61)45(33(40)4)53(55,9)10)42(26-43-56(41,30-72-43)75-35(6)62)74-51(68)57-38-21-19-36(20-22-38)34(5)59-60-44(63)29-71-24-23-52(7,8)70-12/h13-22,39-43,46-47,64,69H,23-30H2,1-12H3,(H,57,68)(H,58,66)(H,60,63)/b31-13+,59-34-/t39-,40+,41+,42+,43-,46+,47-,54+,55-,56-/m1/s1. The van der Waals surface area contributed by atoms with Gasteiger partial charge in [-0.1, -0.05) is 62.4 Å². The van der Waals surface area contributed by atoms with Crippen molar-refractivity contribution in [2.45, 2.75) is 156 Å². The molecule has 6 rings (SSSR count). The molecule has 2 bridgehead atoms. The summed E-state index contributed by atoms with van der Waals surface area (Å²) in [6.45, 7) is 18.1.